The number of thiocarbonyl (C=S) groups is 1. The summed E-state index contributed by atoms with van der Waals surface area (Å²) in [7, 11) is 1.46. The van der Waals surface area contributed by atoms with Gasteiger partial charge < -0.3 is 9.47 Å². The number of hydrogen-bond acceptors (Lipinski definition) is 7. The van der Waals surface area contributed by atoms with Crippen molar-refractivity contribution in [3.8, 4) is 11.5 Å². The fraction of sp³-hybridized carbons (Fsp3) is 0.0800. The number of non-ortho nitro benzene ring substituents is 1. The van der Waals surface area contributed by atoms with Gasteiger partial charge in [-0.15, -0.1) is 0 Å². The maximum absolute atomic E-state index is 13.2. The number of benzene rings is 3. The number of hydrogen-bond donors (Lipinski definition) is 1. The molecule has 0 radical (unpaired) electrons. The zero-order valence-electron chi connectivity index (χ0n) is 18.8. The quantitative estimate of drug-likeness (QED) is 0.144. The summed E-state index contributed by atoms with van der Waals surface area (Å²) in [5.74, 6) is -0.406. The third-order valence-electron chi connectivity index (χ3n) is 5.21. The van der Waals surface area contributed by atoms with E-state index in [1.165, 1.54) is 30.2 Å². The van der Waals surface area contributed by atoms with Gasteiger partial charge >= 0.3 is 0 Å². The molecule has 3 aromatic rings. The molecule has 0 saturated carbocycles. The van der Waals surface area contributed by atoms with Gasteiger partial charge in [-0.05, 0) is 81.7 Å². The molecule has 3 aromatic carbocycles. The number of nitro benzene ring substituents is 1. The van der Waals surface area contributed by atoms with Crippen LogP contribution < -0.4 is 19.7 Å². The average molecular weight is 568 g/mol. The van der Waals surface area contributed by atoms with Crippen LogP contribution in [0.3, 0.4) is 0 Å². The minimum Gasteiger partial charge on any atom is -0.493 e. The molecule has 4 rings (SSSR count). The molecule has 1 fully saturated rings. The Bertz CT molecular complexity index is 1390. The predicted octanol–water partition coefficient (Wildman–Crippen LogP) is 4.78. The second-order valence-corrected chi connectivity index (χ2v) is 8.78. The molecule has 0 aliphatic carbocycles. The van der Waals surface area contributed by atoms with Gasteiger partial charge in [-0.2, -0.15) is 0 Å². The molecule has 1 aliphatic heterocycles. The fourth-order valence-corrected chi connectivity index (χ4v) is 4.32. The molecule has 0 spiro atoms. The largest absolute Gasteiger partial charge is 0.493 e. The summed E-state index contributed by atoms with van der Waals surface area (Å²) in [4.78, 5) is 37.4. The number of carbonyl (C=O) groups excluding carboxylic acids is 2. The third kappa shape index (κ3) is 5.26. The van der Waals surface area contributed by atoms with E-state index in [2.05, 4.69) is 21.2 Å². The number of methoxy groups -OCH3 is 1. The molecule has 0 bridgehead atoms. The Hall–Kier alpha value is -4.09. The van der Waals surface area contributed by atoms with E-state index in [1.54, 1.807) is 48.5 Å². The minimum absolute atomic E-state index is 0.00195. The van der Waals surface area contributed by atoms with E-state index < -0.39 is 16.7 Å². The van der Waals surface area contributed by atoms with Gasteiger partial charge in [0.1, 0.15) is 12.2 Å². The van der Waals surface area contributed by atoms with Crippen LogP contribution >= 0.6 is 28.1 Å². The van der Waals surface area contributed by atoms with Crippen molar-refractivity contribution >= 4 is 62.5 Å². The lowest BCUT2D eigenvalue weighted by Crippen LogP contribution is -2.54. The van der Waals surface area contributed by atoms with Crippen molar-refractivity contribution in [2.45, 2.75) is 6.61 Å². The Morgan fingerprint density at radius 1 is 1.11 bits per heavy atom. The predicted molar refractivity (Wildman–Crippen MR) is 141 cm³/mol. The van der Waals surface area contributed by atoms with E-state index >= 15 is 0 Å². The van der Waals surface area contributed by atoms with Gasteiger partial charge in [-0.25, -0.2) is 0 Å². The molecule has 11 heteroatoms. The Morgan fingerprint density at radius 2 is 1.81 bits per heavy atom. The molecule has 36 heavy (non-hydrogen) atoms. The van der Waals surface area contributed by atoms with E-state index in [4.69, 9.17) is 21.7 Å². The van der Waals surface area contributed by atoms with Crippen LogP contribution in [-0.4, -0.2) is 29.0 Å². The van der Waals surface area contributed by atoms with Crippen LogP contribution in [0, 0.1) is 10.1 Å². The van der Waals surface area contributed by atoms with Crippen molar-refractivity contribution in [3.05, 3.63) is 98.0 Å². The molecule has 0 atom stereocenters. The number of nitro groups is 1. The van der Waals surface area contributed by atoms with E-state index in [9.17, 15) is 19.7 Å². The molecule has 9 nitrogen and oxygen atoms in total. The SMILES string of the molecule is COc1cc(/C=C2/C(=O)NC(=S)N(c3ccccc3)C2=O)cc(Br)c1OCc1ccc([N+](=O)[O-])cc1. The number of para-hydroxylation sites is 1. The first-order valence-corrected chi connectivity index (χ1v) is 11.7. The second kappa shape index (κ2) is 10.7. The van der Waals surface area contributed by atoms with Crippen molar-refractivity contribution in [1.29, 1.82) is 0 Å². The summed E-state index contributed by atoms with van der Waals surface area (Å²) in [5.41, 5.74) is 1.67. The summed E-state index contributed by atoms with van der Waals surface area (Å²) in [6, 6.07) is 18.1. The first-order chi connectivity index (χ1) is 17.3. The lowest BCUT2D eigenvalue weighted by Gasteiger charge is -2.28. The van der Waals surface area contributed by atoms with Crippen LogP contribution in [0.15, 0.2) is 76.8 Å². The summed E-state index contributed by atoms with van der Waals surface area (Å²) in [6.07, 6.45) is 1.45. The van der Waals surface area contributed by atoms with Crippen LogP contribution in [0.2, 0.25) is 0 Å². The molecule has 1 saturated heterocycles. The maximum Gasteiger partial charge on any atom is 0.270 e. The summed E-state index contributed by atoms with van der Waals surface area (Å²) in [6.45, 7) is 0.137. The van der Waals surface area contributed by atoms with Crippen LogP contribution in [-0.2, 0) is 16.2 Å². The summed E-state index contributed by atoms with van der Waals surface area (Å²) in [5, 5.41) is 13.4. The lowest BCUT2D eigenvalue weighted by molar-refractivity contribution is -0.384. The van der Waals surface area contributed by atoms with Crippen LogP contribution in [0.5, 0.6) is 11.5 Å². The molecule has 182 valence electrons. The Kier molecular flexibility index (Phi) is 7.41. The highest BCUT2D eigenvalue weighted by atomic mass is 79.9. The van der Waals surface area contributed by atoms with Crippen molar-refractivity contribution in [2.24, 2.45) is 0 Å². The molecule has 0 unspecified atom stereocenters. The van der Waals surface area contributed by atoms with E-state index in [0.717, 1.165) is 5.56 Å². The molecular formula is C25H18BrN3O6S. The fourth-order valence-electron chi connectivity index (χ4n) is 3.47. The van der Waals surface area contributed by atoms with Crippen molar-refractivity contribution in [2.75, 3.05) is 12.0 Å². The molecule has 1 N–H and O–H groups in total. The molecule has 1 heterocycles. The lowest BCUT2D eigenvalue weighted by atomic mass is 10.1. The average Bonchev–Trinajstić information content (AvgIpc) is 2.86. The van der Waals surface area contributed by atoms with Gasteiger partial charge in [-0.3, -0.25) is 29.9 Å². The van der Waals surface area contributed by atoms with E-state index in [1.807, 2.05) is 6.07 Å². The number of anilines is 1. The minimum atomic E-state index is -0.606. The first kappa shape index (κ1) is 25.0. The van der Waals surface area contributed by atoms with E-state index in [0.29, 0.717) is 27.2 Å². The topological polar surface area (TPSA) is 111 Å². The van der Waals surface area contributed by atoms with Gasteiger partial charge in [0.15, 0.2) is 16.6 Å². The van der Waals surface area contributed by atoms with Gasteiger partial charge in [0.25, 0.3) is 17.5 Å². The maximum atomic E-state index is 13.2. The van der Waals surface area contributed by atoms with E-state index in [-0.39, 0.29) is 23.0 Å². The first-order valence-electron chi connectivity index (χ1n) is 10.5. The Labute approximate surface area is 219 Å². The van der Waals surface area contributed by atoms with Gasteiger partial charge in [0, 0.05) is 12.1 Å². The second-order valence-electron chi connectivity index (χ2n) is 7.54. The molecule has 1 aliphatic rings. The highest BCUT2D eigenvalue weighted by molar-refractivity contribution is 9.10. The molecule has 0 aromatic heterocycles. The number of nitrogens with zero attached hydrogens (tertiary/aromatic N) is 2. The highest BCUT2D eigenvalue weighted by Crippen LogP contribution is 2.38. The smallest absolute Gasteiger partial charge is 0.270 e. The standard InChI is InChI=1S/C25H18BrN3O6S/c1-34-21-13-16(12-20(26)22(21)35-14-15-7-9-18(10-8-15)29(32)33)11-19-23(30)27-25(36)28(24(19)31)17-5-3-2-4-6-17/h2-13H,14H2,1H3,(H,27,30,36)/b19-11-. The summed E-state index contributed by atoms with van der Waals surface area (Å²) >= 11 is 8.67. The Balaban J connectivity index is 1.60. The molecular weight excluding hydrogens is 550 g/mol. The van der Waals surface area contributed by atoms with Crippen LogP contribution in [0.25, 0.3) is 6.08 Å². The number of nitrogens with one attached hydrogen (secondary N) is 1. The zero-order valence-corrected chi connectivity index (χ0v) is 21.2. The monoisotopic (exact) mass is 567 g/mol. The van der Waals surface area contributed by atoms with Gasteiger partial charge in [0.05, 0.1) is 22.2 Å². The van der Waals surface area contributed by atoms with Gasteiger partial charge in [0.2, 0.25) is 0 Å². The number of rotatable bonds is 7. The van der Waals surface area contributed by atoms with Crippen LogP contribution in [0.1, 0.15) is 11.1 Å². The van der Waals surface area contributed by atoms with Gasteiger partial charge in [-0.1, -0.05) is 18.2 Å². The zero-order chi connectivity index (χ0) is 25.8. The number of amides is 2. The normalized spacial score (nSPS) is 14.6. The molecule has 2 amide bonds. The number of carbonyl (C=O) groups is 2. The summed E-state index contributed by atoms with van der Waals surface area (Å²) < 4.78 is 11.9. The number of halogens is 1. The third-order valence-corrected chi connectivity index (χ3v) is 6.08. The van der Waals surface area contributed by atoms with Crippen LogP contribution in [0.4, 0.5) is 11.4 Å². The van der Waals surface area contributed by atoms with Crippen molar-refractivity contribution in [3.63, 3.8) is 0 Å². The highest BCUT2D eigenvalue weighted by Gasteiger charge is 2.34. The van der Waals surface area contributed by atoms with Crippen molar-refractivity contribution < 1.29 is 24.0 Å². The van der Waals surface area contributed by atoms with Crippen molar-refractivity contribution in [1.82, 2.24) is 5.32 Å². The number of ether oxygens (including phenoxy) is 2. The Morgan fingerprint density at radius 3 is 2.44 bits per heavy atom.